The second-order valence-corrected chi connectivity index (χ2v) is 6.15. The summed E-state index contributed by atoms with van der Waals surface area (Å²) < 4.78 is 0. The van der Waals surface area contributed by atoms with E-state index >= 15 is 0 Å². The van der Waals surface area contributed by atoms with Gasteiger partial charge in [0.05, 0.1) is 6.54 Å². The summed E-state index contributed by atoms with van der Waals surface area (Å²) in [7, 11) is 2.25. The van der Waals surface area contributed by atoms with Crippen LogP contribution in [0.1, 0.15) is 46.5 Å². The number of hydrogen-bond donors (Lipinski definition) is 1. The van der Waals surface area contributed by atoms with Gasteiger partial charge in [0.25, 0.3) is 0 Å². The molecule has 98 valence electrons. The quantitative estimate of drug-likeness (QED) is 0.583. The number of nitrogens with one attached hydrogen (secondary N) is 1. The number of hydrogen-bond acceptors (Lipinski definition) is 2. The van der Waals surface area contributed by atoms with Gasteiger partial charge in [-0.1, -0.05) is 24.7 Å². The van der Waals surface area contributed by atoms with Crippen molar-refractivity contribution >= 4 is 0 Å². The van der Waals surface area contributed by atoms with Gasteiger partial charge in [-0.2, -0.15) is 0 Å². The summed E-state index contributed by atoms with van der Waals surface area (Å²) in [4.78, 5) is 2.50. The van der Waals surface area contributed by atoms with Gasteiger partial charge in [-0.15, -0.1) is 0 Å². The van der Waals surface area contributed by atoms with Gasteiger partial charge in [0.15, 0.2) is 0 Å². The first kappa shape index (κ1) is 14.5. The van der Waals surface area contributed by atoms with Crippen molar-refractivity contribution in [3.63, 3.8) is 0 Å². The SMILES string of the molecule is CN(CCNCC#CC(C)(C)C)C1CCCC1. The molecular weight excluding hydrogens is 208 g/mol. The molecule has 0 aromatic heterocycles. The molecule has 17 heavy (non-hydrogen) atoms. The molecule has 1 N–H and O–H groups in total. The van der Waals surface area contributed by atoms with E-state index in [0.29, 0.717) is 0 Å². The standard InChI is InChI=1S/C15H28N2/c1-15(2,3)10-7-11-16-12-13-17(4)14-8-5-6-9-14/h14,16H,5-6,8-9,11-13H2,1-4H3. The molecule has 0 saturated heterocycles. The molecule has 0 bridgehead atoms. The van der Waals surface area contributed by atoms with E-state index in [1.807, 2.05) is 0 Å². The summed E-state index contributed by atoms with van der Waals surface area (Å²) in [5.74, 6) is 6.43. The Bertz CT molecular complexity index is 261. The van der Waals surface area contributed by atoms with Crippen LogP contribution in [0, 0.1) is 17.3 Å². The topological polar surface area (TPSA) is 15.3 Å². The van der Waals surface area contributed by atoms with Gasteiger partial charge in [-0.25, -0.2) is 0 Å². The first-order valence-electron chi connectivity index (χ1n) is 6.90. The fraction of sp³-hybridized carbons (Fsp3) is 0.867. The first-order chi connectivity index (χ1) is 7.99. The van der Waals surface area contributed by atoms with Crippen LogP contribution >= 0.6 is 0 Å². The summed E-state index contributed by atoms with van der Waals surface area (Å²) in [6.45, 7) is 9.44. The lowest BCUT2D eigenvalue weighted by atomic mass is 9.98. The fourth-order valence-electron chi connectivity index (χ4n) is 2.24. The summed E-state index contributed by atoms with van der Waals surface area (Å²) in [5.41, 5.74) is 0.127. The molecule has 0 radical (unpaired) electrons. The van der Waals surface area contributed by atoms with Crippen molar-refractivity contribution in [2.75, 3.05) is 26.7 Å². The van der Waals surface area contributed by atoms with E-state index in [4.69, 9.17) is 0 Å². The van der Waals surface area contributed by atoms with Gasteiger partial charge < -0.3 is 10.2 Å². The molecule has 0 unspecified atom stereocenters. The Morgan fingerprint density at radius 2 is 1.88 bits per heavy atom. The van der Waals surface area contributed by atoms with Crippen molar-refractivity contribution in [1.29, 1.82) is 0 Å². The molecule has 2 nitrogen and oxygen atoms in total. The first-order valence-corrected chi connectivity index (χ1v) is 6.90. The highest BCUT2D eigenvalue weighted by molar-refractivity contribution is 5.08. The Kier molecular flexibility index (Phi) is 6.02. The van der Waals surface area contributed by atoms with Gasteiger partial charge in [0, 0.05) is 24.5 Å². The zero-order chi connectivity index (χ0) is 12.7. The minimum atomic E-state index is 0.127. The molecule has 0 spiro atoms. The number of likely N-dealkylation sites (N-methyl/N-ethyl adjacent to an activating group) is 1. The van der Waals surface area contributed by atoms with Crippen LogP contribution in [0.15, 0.2) is 0 Å². The van der Waals surface area contributed by atoms with Crippen LogP contribution in [0.2, 0.25) is 0 Å². The monoisotopic (exact) mass is 236 g/mol. The van der Waals surface area contributed by atoms with E-state index in [9.17, 15) is 0 Å². The molecule has 1 aliphatic rings. The zero-order valence-corrected chi connectivity index (χ0v) is 12.0. The summed E-state index contributed by atoms with van der Waals surface area (Å²) >= 11 is 0. The predicted octanol–water partition coefficient (Wildman–Crippen LogP) is 2.50. The normalized spacial score (nSPS) is 17.2. The van der Waals surface area contributed by atoms with Crippen LogP contribution in [0.5, 0.6) is 0 Å². The van der Waals surface area contributed by atoms with Crippen molar-refractivity contribution in [2.45, 2.75) is 52.5 Å². The molecule has 0 aliphatic heterocycles. The average molecular weight is 236 g/mol. The molecule has 0 heterocycles. The highest BCUT2D eigenvalue weighted by Crippen LogP contribution is 2.21. The molecule has 0 atom stereocenters. The van der Waals surface area contributed by atoms with Crippen LogP contribution in [-0.2, 0) is 0 Å². The summed E-state index contributed by atoms with van der Waals surface area (Å²) in [6, 6.07) is 0.831. The third-order valence-corrected chi connectivity index (χ3v) is 3.27. The van der Waals surface area contributed by atoms with Crippen molar-refractivity contribution in [3.8, 4) is 11.8 Å². The molecule has 1 fully saturated rings. The molecule has 0 aromatic carbocycles. The lowest BCUT2D eigenvalue weighted by Crippen LogP contribution is -2.35. The molecule has 1 rings (SSSR count). The van der Waals surface area contributed by atoms with Crippen molar-refractivity contribution in [1.82, 2.24) is 10.2 Å². The third kappa shape index (κ3) is 6.71. The predicted molar refractivity (Wildman–Crippen MR) is 75.0 cm³/mol. The van der Waals surface area contributed by atoms with Gasteiger partial charge in [0.1, 0.15) is 0 Å². The second-order valence-electron chi connectivity index (χ2n) is 6.15. The van der Waals surface area contributed by atoms with Gasteiger partial charge in [-0.05, 0) is 40.7 Å². The van der Waals surface area contributed by atoms with Crippen LogP contribution in [0.3, 0.4) is 0 Å². The van der Waals surface area contributed by atoms with Gasteiger partial charge in [-0.3, -0.25) is 0 Å². The van der Waals surface area contributed by atoms with Crippen LogP contribution < -0.4 is 5.32 Å². The maximum absolute atomic E-state index is 3.40. The third-order valence-electron chi connectivity index (χ3n) is 3.27. The maximum Gasteiger partial charge on any atom is 0.0577 e. The van der Waals surface area contributed by atoms with Crippen LogP contribution in [0.4, 0.5) is 0 Å². The molecular formula is C15H28N2. The molecule has 2 heteroatoms. The molecule has 1 aliphatic carbocycles. The summed E-state index contributed by atoms with van der Waals surface area (Å²) in [6.07, 6.45) is 5.61. The van der Waals surface area contributed by atoms with Gasteiger partial charge in [0.2, 0.25) is 0 Å². The smallest absolute Gasteiger partial charge is 0.0577 e. The van der Waals surface area contributed by atoms with Crippen molar-refractivity contribution < 1.29 is 0 Å². The number of nitrogens with zero attached hydrogens (tertiary/aromatic N) is 1. The Balaban J connectivity index is 2.05. The minimum Gasteiger partial charge on any atom is -0.305 e. The molecule has 0 aromatic rings. The van der Waals surface area contributed by atoms with E-state index in [-0.39, 0.29) is 5.41 Å². The molecule has 1 saturated carbocycles. The number of rotatable bonds is 5. The second kappa shape index (κ2) is 7.03. The highest BCUT2D eigenvalue weighted by atomic mass is 15.1. The largest absolute Gasteiger partial charge is 0.305 e. The summed E-state index contributed by atoms with van der Waals surface area (Å²) in [5, 5.41) is 3.40. The highest BCUT2D eigenvalue weighted by Gasteiger charge is 2.18. The van der Waals surface area contributed by atoms with E-state index in [2.05, 4.69) is 49.9 Å². The Morgan fingerprint density at radius 1 is 1.24 bits per heavy atom. The Morgan fingerprint density at radius 3 is 2.47 bits per heavy atom. The van der Waals surface area contributed by atoms with Crippen LogP contribution in [0.25, 0.3) is 0 Å². The van der Waals surface area contributed by atoms with E-state index in [0.717, 1.165) is 25.7 Å². The maximum atomic E-state index is 3.40. The average Bonchev–Trinajstić information content (AvgIpc) is 2.74. The van der Waals surface area contributed by atoms with E-state index in [1.54, 1.807) is 0 Å². The minimum absolute atomic E-state index is 0.127. The fourth-order valence-corrected chi connectivity index (χ4v) is 2.24. The lowest BCUT2D eigenvalue weighted by molar-refractivity contribution is 0.247. The van der Waals surface area contributed by atoms with Crippen LogP contribution in [-0.4, -0.2) is 37.6 Å². The lowest BCUT2D eigenvalue weighted by Gasteiger charge is -2.23. The van der Waals surface area contributed by atoms with E-state index < -0.39 is 0 Å². The Labute approximate surface area is 107 Å². The van der Waals surface area contributed by atoms with E-state index in [1.165, 1.54) is 25.7 Å². The Hall–Kier alpha value is -0.520. The van der Waals surface area contributed by atoms with Gasteiger partial charge >= 0.3 is 0 Å². The zero-order valence-electron chi connectivity index (χ0n) is 12.0. The van der Waals surface area contributed by atoms with Crippen molar-refractivity contribution in [3.05, 3.63) is 0 Å². The van der Waals surface area contributed by atoms with Crippen molar-refractivity contribution in [2.24, 2.45) is 5.41 Å². The molecule has 0 amide bonds.